The zero-order valence-electron chi connectivity index (χ0n) is 20.9. The number of likely N-dealkylation sites (tertiary alicyclic amines) is 1. The Morgan fingerprint density at radius 1 is 0.973 bits per heavy atom. The van der Waals surface area contributed by atoms with E-state index in [1.807, 2.05) is 4.90 Å². The molecule has 5 nitrogen and oxygen atoms in total. The van der Waals surface area contributed by atoms with Gasteiger partial charge in [0.25, 0.3) is 0 Å². The first kappa shape index (κ1) is 26.8. The van der Waals surface area contributed by atoms with Crippen LogP contribution in [0.2, 0.25) is 0 Å². The lowest BCUT2D eigenvalue weighted by molar-refractivity contribution is -0.140. The first-order chi connectivity index (χ1) is 17.7. The number of nitrogens with zero attached hydrogens (tertiary/aromatic N) is 1. The smallest absolute Gasteiger partial charge is 0.416 e. The Bertz CT molecular complexity index is 1100. The van der Waals surface area contributed by atoms with Gasteiger partial charge < -0.3 is 14.4 Å². The third kappa shape index (κ3) is 7.14. The number of carbonyl (C=O) groups excluding carboxylic acids is 2. The summed E-state index contributed by atoms with van der Waals surface area (Å²) in [5.74, 6) is 1.12. The van der Waals surface area contributed by atoms with Gasteiger partial charge in [0, 0.05) is 18.7 Å². The number of fused-ring (bicyclic) bond motifs is 1. The molecule has 1 saturated heterocycles. The minimum absolute atomic E-state index is 0.00948. The molecule has 2 aromatic rings. The van der Waals surface area contributed by atoms with Crippen LogP contribution in [0.15, 0.2) is 54.1 Å². The second kappa shape index (κ2) is 11.8. The molecule has 1 saturated carbocycles. The number of ether oxygens (including phenoxy) is 2. The molecule has 37 heavy (non-hydrogen) atoms. The third-order valence-electron chi connectivity index (χ3n) is 7.12. The molecule has 0 bridgehead atoms. The maximum Gasteiger partial charge on any atom is 0.416 e. The van der Waals surface area contributed by atoms with E-state index in [0.29, 0.717) is 34.3 Å². The third-order valence-corrected chi connectivity index (χ3v) is 7.12. The van der Waals surface area contributed by atoms with Crippen molar-refractivity contribution in [2.24, 2.45) is 11.8 Å². The first-order valence-corrected chi connectivity index (χ1v) is 12.8. The van der Waals surface area contributed by atoms with Gasteiger partial charge in [0.1, 0.15) is 12.4 Å². The van der Waals surface area contributed by atoms with Crippen LogP contribution in [-0.2, 0) is 27.1 Å². The first-order valence-electron chi connectivity index (χ1n) is 12.8. The van der Waals surface area contributed by atoms with Crippen molar-refractivity contribution >= 4 is 18.0 Å². The van der Waals surface area contributed by atoms with Crippen molar-refractivity contribution in [1.29, 1.82) is 0 Å². The highest BCUT2D eigenvalue weighted by molar-refractivity contribution is 5.99. The molecule has 1 aliphatic carbocycles. The number of carbonyl (C=O) groups is 2. The Morgan fingerprint density at radius 3 is 2.16 bits per heavy atom. The molecule has 0 radical (unpaired) electrons. The molecule has 1 aliphatic heterocycles. The van der Waals surface area contributed by atoms with Crippen LogP contribution >= 0.6 is 0 Å². The summed E-state index contributed by atoms with van der Waals surface area (Å²) in [5.41, 5.74) is 0.932. The number of esters is 1. The average Bonchev–Trinajstić information content (AvgIpc) is 3.32. The second-order valence-electron chi connectivity index (χ2n) is 9.72. The van der Waals surface area contributed by atoms with Crippen molar-refractivity contribution in [1.82, 2.24) is 4.90 Å². The van der Waals surface area contributed by atoms with Crippen LogP contribution in [-0.4, -0.2) is 36.5 Å². The summed E-state index contributed by atoms with van der Waals surface area (Å²) in [7, 11) is 0. The largest absolute Gasteiger partial charge is 0.489 e. The summed E-state index contributed by atoms with van der Waals surface area (Å²) in [6.45, 7) is 3.60. The maximum atomic E-state index is 13.0. The topological polar surface area (TPSA) is 55.8 Å². The predicted molar refractivity (Wildman–Crippen MR) is 133 cm³/mol. The Labute approximate surface area is 215 Å². The van der Waals surface area contributed by atoms with Gasteiger partial charge in [-0.05, 0) is 73.1 Å². The van der Waals surface area contributed by atoms with Crippen LogP contribution in [0.5, 0.6) is 5.75 Å². The van der Waals surface area contributed by atoms with Crippen molar-refractivity contribution in [2.75, 3.05) is 19.7 Å². The van der Waals surface area contributed by atoms with Crippen LogP contribution in [0.1, 0.15) is 55.7 Å². The fourth-order valence-corrected chi connectivity index (χ4v) is 5.11. The van der Waals surface area contributed by atoms with Crippen LogP contribution in [0.25, 0.3) is 6.08 Å². The lowest BCUT2D eigenvalue weighted by Crippen LogP contribution is -2.30. The van der Waals surface area contributed by atoms with Gasteiger partial charge in [-0.15, -0.1) is 0 Å². The second-order valence-corrected chi connectivity index (χ2v) is 9.72. The number of hydrogen-bond donors (Lipinski definition) is 0. The Kier molecular flexibility index (Phi) is 8.56. The molecule has 4 rings (SSSR count). The zero-order valence-corrected chi connectivity index (χ0v) is 20.9. The van der Waals surface area contributed by atoms with E-state index in [4.69, 9.17) is 9.47 Å². The predicted octanol–water partition coefficient (Wildman–Crippen LogP) is 6.27. The molecule has 198 valence electrons. The SMILES string of the molecule is CCOC(=O)/C(=C/c1ccc(OCc2ccc(C(F)(F)F)cc2)cc1)CC(=O)N1C[C@H]2CCCC[C@H]2C1. The molecule has 2 atom stereocenters. The van der Waals surface area contributed by atoms with Gasteiger partial charge >= 0.3 is 12.1 Å². The van der Waals surface area contributed by atoms with Crippen molar-refractivity contribution < 1.29 is 32.2 Å². The summed E-state index contributed by atoms with van der Waals surface area (Å²) in [5, 5.41) is 0. The molecular formula is C29H32F3NO4. The van der Waals surface area contributed by atoms with Gasteiger partial charge in [0.15, 0.2) is 0 Å². The summed E-state index contributed by atoms with van der Waals surface area (Å²) in [6, 6.07) is 11.8. The van der Waals surface area contributed by atoms with Gasteiger partial charge in [0.2, 0.25) is 5.91 Å². The average molecular weight is 516 g/mol. The number of halogens is 3. The standard InChI is InChI=1S/C29H32F3NO4/c1-2-36-28(35)24(16-27(34)33-17-22-5-3-4-6-23(22)18-33)15-20-9-13-26(14-10-20)37-19-21-7-11-25(12-8-21)29(30,31)32/h7-15,22-23H,2-6,16-19H2,1H3/b24-15+/t22-,23+. The van der Waals surface area contributed by atoms with Gasteiger partial charge in [-0.1, -0.05) is 37.1 Å². The van der Waals surface area contributed by atoms with Gasteiger partial charge in [-0.25, -0.2) is 4.79 Å². The maximum absolute atomic E-state index is 13.0. The molecule has 1 amide bonds. The molecule has 0 spiro atoms. The summed E-state index contributed by atoms with van der Waals surface area (Å²) in [4.78, 5) is 27.5. The monoisotopic (exact) mass is 515 g/mol. The van der Waals surface area contributed by atoms with E-state index >= 15 is 0 Å². The number of amides is 1. The van der Waals surface area contributed by atoms with Crippen LogP contribution < -0.4 is 4.74 Å². The fraction of sp³-hybridized carbons (Fsp3) is 0.448. The van der Waals surface area contributed by atoms with Crippen molar-refractivity contribution in [3.8, 4) is 5.75 Å². The van der Waals surface area contributed by atoms with Crippen LogP contribution in [0.3, 0.4) is 0 Å². The molecule has 0 aromatic heterocycles. The highest BCUT2D eigenvalue weighted by Gasteiger charge is 2.36. The van der Waals surface area contributed by atoms with Crippen molar-refractivity contribution in [3.63, 3.8) is 0 Å². The minimum Gasteiger partial charge on any atom is -0.489 e. The van der Waals surface area contributed by atoms with E-state index in [1.165, 1.54) is 37.8 Å². The molecular weight excluding hydrogens is 483 g/mol. The summed E-state index contributed by atoms with van der Waals surface area (Å²) in [6.07, 6.45) is 2.07. The molecule has 1 heterocycles. The lowest BCUT2D eigenvalue weighted by Gasteiger charge is -2.22. The van der Waals surface area contributed by atoms with E-state index in [1.54, 1.807) is 37.3 Å². The molecule has 2 aromatic carbocycles. The molecule has 0 N–H and O–H groups in total. The van der Waals surface area contributed by atoms with Crippen molar-refractivity contribution in [3.05, 3.63) is 70.8 Å². The molecule has 0 unspecified atom stereocenters. The van der Waals surface area contributed by atoms with Gasteiger partial charge in [0.05, 0.1) is 18.6 Å². The van der Waals surface area contributed by atoms with E-state index in [0.717, 1.165) is 25.2 Å². The van der Waals surface area contributed by atoms with E-state index in [9.17, 15) is 22.8 Å². The van der Waals surface area contributed by atoms with E-state index in [2.05, 4.69) is 0 Å². The Hall–Kier alpha value is -3.29. The molecule has 2 fully saturated rings. The number of rotatable bonds is 8. The summed E-state index contributed by atoms with van der Waals surface area (Å²) < 4.78 is 49.0. The molecule has 8 heteroatoms. The normalized spacial score (nSPS) is 19.9. The van der Waals surface area contributed by atoms with E-state index in [-0.39, 0.29) is 25.5 Å². The highest BCUT2D eigenvalue weighted by Crippen LogP contribution is 2.36. The lowest BCUT2D eigenvalue weighted by atomic mass is 9.82. The number of benzene rings is 2. The van der Waals surface area contributed by atoms with Crippen LogP contribution in [0, 0.1) is 11.8 Å². The number of hydrogen-bond acceptors (Lipinski definition) is 4. The van der Waals surface area contributed by atoms with E-state index < -0.39 is 17.7 Å². The Morgan fingerprint density at radius 2 is 1.59 bits per heavy atom. The molecule has 2 aliphatic rings. The van der Waals surface area contributed by atoms with Crippen molar-refractivity contribution in [2.45, 2.75) is 51.8 Å². The fourth-order valence-electron chi connectivity index (χ4n) is 5.11. The van der Waals surface area contributed by atoms with Gasteiger partial charge in [-0.2, -0.15) is 13.2 Å². The number of alkyl halides is 3. The zero-order chi connectivity index (χ0) is 26.4. The van der Waals surface area contributed by atoms with Crippen LogP contribution in [0.4, 0.5) is 13.2 Å². The Balaban J connectivity index is 1.38. The minimum atomic E-state index is -4.37. The highest BCUT2D eigenvalue weighted by atomic mass is 19.4. The summed E-state index contributed by atoms with van der Waals surface area (Å²) >= 11 is 0. The van der Waals surface area contributed by atoms with Gasteiger partial charge in [-0.3, -0.25) is 4.79 Å². The quantitative estimate of drug-likeness (QED) is 0.307.